The fraction of sp³-hybridized carbons (Fsp3) is 0.421. The summed E-state index contributed by atoms with van der Waals surface area (Å²) in [6, 6.07) is 4.80. The highest BCUT2D eigenvalue weighted by atomic mass is 19.4. The van der Waals surface area contributed by atoms with E-state index in [0.717, 1.165) is 25.0 Å². The van der Waals surface area contributed by atoms with Gasteiger partial charge in [0.25, 0.3) is 11.8 Å². The van der Waals surface area contributed by atoms with Gasteiger partial charge >= 0.3 is 6.36 Å². The van der Waals surface area contributed by atoms with Crippen LogP contribution in [0.4, 0.5) is 13.2 Å². The molecule has 2 aliphatic rings. The number of hydrogen-bond donors (Lipinski definition) is 0. The molecule has 1 saturated heterocycles. The highest BCUT2D eigenvalue weighted by Gasteiger charge is 2.33. The van der Waals surface area contributed by atoms with Crippen LogP contribution in [0.2, 0.25) is 0 Å². The molecule has 31 heavy (non-hydrogen) atoms. The summed E-state index contributed by atoms with van der Waals surface area (Å²) in [6.07, 6.45) is -0.260. The van der Waals surface area contributed by atoms with Crippen LogP contribution >= 0.6 is 0 Å². The maximum Gasteiger partial charge on any atom is 0.573 e. The average molecular weight is 434 g/mol. The van der Waals surface area contributed by atoms with Gasteiger partial charge in [0.05, 0.1) is 12.2 Å². The SMILES string of the molecule is O=C(c1ccc(OC(F)(F)F)cc1)N1CC[C@@H](n2cc(-c3nc(C4CC4)no3)nn2)C1. The third-order valence-corrected chi connectivity index (χ3v) is 5.27. The lowest BCUT2D eigenvalue weighted by Crippen LogP contribution is -2.29. The maximum atomic E-state index is 12.7. The molecule has 0 radical (unpaired) electrons. The van der Waals surface area contributed by atoms with E-state index in [9.17, 15) is 18.0 Å². The van der Waals surface area contributed by atoms with E-state index in [0.29, 0.717) is 42.8 Å². The van der Waals surface area contributed by atoms with Gasteiger partial charge in [-0.3, -0.25) is 4.79 Å². The normalized spacial score (nSPS) is 19.1. The number of hydrogen-bond acceptors (Lipinski definition) is 7. The van der Waals surface area contributed by atoms with Crippen molar-refractivity contribution in [3.8, 4) is 17.3 Å². The maximum absolute atomic E-state index is 12.7. The standard InChI is InChI=1S/C19H17F3N6O3/c20-19(21,22)30-14-5-3-12(4-6-14)18(29)27-8-7-13(9-27)28-10-15(24-26-28)17-23-16(25-31-17)11-1-2-11/h3-6,10-11,13H,1-2,7-9H2/t13-/m1/s1. The monoisotopic (exact) mass is 434 g/mol. The first-order valence-corrected chi connectivity index (χ1v) is 9.76. The molecule has 12 heteroatoms. The fourth-order valence-corrected chi connectivity index (χ4v) is 3.52. The number of benzene rings is 1. The fourth-order valence-electron chi connectivity index (χ4n) is 3.52. The predicted molar refractivity (Wildman–Crippen MR) is 98.0 cm³/mol. The molecule has 0 unspecified atom stereocenters. The van der Waals surface area contributed by atoms with Crippen LogP contribution in [-0.4, -0.2) is 55.4 Å². The van der Waals surface area contributed by atoms with E-state index in [2.05, 4.69) is 25.2 Å². The Hall–Kier alpha value is -3.44. The molecule has 162 valence electrons. The third kappa shape index (κ3) is 4.23. The van der Waals surface area contributed by atoms with Gasteiger partial charge in [-0.25, -0.2) is 4.68 Å². The van der Waals surface area contributed by atoms with Crippen molar-refractivity contribution in [1.29, 1.82) is 0 Å². The minimum atomic E-state index is -4.77. The number of carbonyl (C=O) groups excluding carboxylic acids is 1. The van der Waals surface area contributed by atoms with Crippen molar-refractivity contribution in [2.75, 3.05) is 13.1 Å². The van der Waals surface area contributed by atoms with Crippen LogP contribution in [-0.2, 0) is 0 Å². The molecule has 0 spiro atoms. The first-order chi connectivity index (χ1) is 14.9. The van der Waals surface area contributed by atoms with Gasteiger partial charge in [0.15, 0.2) is 11.5 Å². The molecule has 1 atom stereocenters. The predicted octanol–water partition coefficient (Wildman–Crippen LogP) is 3.19. The quantitative estimate of drug-likeness (QED) is 0.608. The Morgan fingerprint density at radius 1 is 1.16 bits per heavy atom. The Morgan fingerprint density at radius 2 is 1.94 bits per heavy atom. The molecule has 0 bridgehead atoms. The lowest BCUT2D eigenvalue weighted by molar-refractivity contribution is -0.274. The minimum Gasteiger partial charge on any atom is -0.406 e. The van der Waals surface area contributed by atoms with Gasteiger partial charge in [-0.2, -0.15) is 4.98 Å². The molecular formula is C19H17F3N6O3. The van der Waals surface area contributed by atoms with E-state index in [1.54, 1.807) is 15.8 Å². The summed E-state index contributed by atoms with van der Waals surface area (Å²) in [7, 11) is 0. The molecule has 3 heterocycles. The number of amides is 1. The number of likely N-dealkylation sites (tertiary alicyclic amines) is 1. The number of aromatic nitrogens is 5. The third-order valence-electron chi connectivity index (χ3n) is 5.27. The molecule has 5 rings (SSSR count). The summed E-state index contributed by atoms with van der Waals surface area (Å²) in [5, 5.41) is 12.2. The first-order valence-electron chi connectivity index (χ1n) is 9.76. The van der Waals surface area contributed by atoms with E-state index in [4.69, 9.17) is 4.52 Å². The Kier molecular flexibility index (Phi) is 4.63. The Morgan fingerprint density at radius 3 is 2.65 bits per heavy atom. The molecule has 3 aromatic rings. The van der Waals surface area contributed by atoms with Crippen LogP contribution in [0, 0.1) is 0 Å². The topological polar surface area (TPSA) is 99.2 Å². The van der Waals surface area contributed by atoms with Gasteiger partial charge in [-0.1, -0.05) is 10.4 Å². The van der Waals surface area contributed by atoms with E-state index in [1.807, 2.05) is 0 Å². The van der Waals surface area contributed by atoms with Gasteiger partial charge < -0.3 is 14.2 Å². The van der Waals surface area contributed by atoms with Crippen LogP contribution in [0.15, 0.2) is 35.0 Å². The van der Waals surface area contributed by atoms with Crippen LogP contribution in [0.25, 0.3) is 11.6 Å². The van der Waals surface area contributed by atoms with Crippen LogP contribution in [0.1, 0.15) is 47.4 Å². The van der Waals surface area contributed by atoms with Gasteiger partial charge in [-0.15, -0.1) is 18.3 Å². The zero-order valence-electron chi connectivity index (χ0n) is 16.1. The number of carbonyl (C=O) groups is 1. The zero-order valence-corrected chi connectivity index (χ0v) is 16.1. The second-order valence-corrected chi connectivity index (χ2v) is 7.58. The lowest BCUT2D eigenvalue weighted by Gasteiger charge is -2.17. The molecule has 0 N–H and O–H groups in total. The molecule has 1 amide bonds. The van der Waals surface area contributed by atoms with Gasteiger partial charge in [0, 0.05) is 24.6 Å². The van der Waals surface area contributed by atoms with Crippen LogP contribution in [0.3, 0.4) is 0 Å². The highest BCUT2D eigenvalue weighted by Crippen LogP contribution is 2.38. The number of ether oxygens (including phenoxy) is 1. The first kappa shape index (κ1) is 19.5. The minimum absolute atomic E-state index is 0.0798. The summed E-state index contributed by atoms with van der Waals surface area (Å²) in [4.78, 5) is 18.7. The van der Waals surface area contributed by atoms with Crippen molar-refractivity contribution in [1.82, 2.24) is 30.0 Å². The smallest absolute Gasteiger partial charge is 0.406 e. The number of rotatable bonds is 5. The van der Waals surface area contributed by atoms with Crippen molar-refractivity contribution in [3.05, 3.63) is 41.9 Å². The highest BCUT2D eigenvalue weighted by molar-refractivity contribution is 5.94. The van der Waals surface area contributed by atoms with Crippen molar-refractivity contribution < 1.29 is 27.2 Å². The van der Waals surface area contributed by atoms with Crippen LogP contribution < -0.4 is 4.74 Å². The number of alkyl halides is 3. The van der Waals surface area contributed by atoms with Crippen LogP contribution in [0.5, 0.6) is 5.75 Å². The molecule has 2 aromatic heterocycles. The van der Waals surface area contributed by atoms with E-state index < -0.39 is 6.36 Å². The van der Waals surface area contributed by atoms with Gasteiger partial charge in [0.1, 0.15) is 5.75 Å². The Balaban J connectivity index is 1.22. The van der Waals surface area contributed by atoms with E-state index in [1.165, 1.54) is 12.1 Å². The Labute approximate surface area is 173 Å². The summed E-state index contributed by atoms with van der Waals surface area (Å²) in [5.74, 6) is 0.738. The molecule has 9 nitrogen and oxygen atoms in total. The van der Waals surface area contributed by atoms with E-state index in [-0.39, 0.29) is 23.3 Å². The van der Waals surface area contributed by atoms with Crippen molar-refractivity contribution in [2.45, 2.75) is 37.6 Å². The molecule has 1 saturated carbocycles. The summed E-state index contributed by atoms with van der Waals surface area (Å²) >= 11 is 0. The Bertz CT molecular complexity index is 1090. The van der Waals surface area contributed by atoms with Crippen molar-refractivity contribution in [2.24, 2.45) is 0 Å². The molecule has 1 aliphatic heterocycles. The van der Waals surface area contributed by atoms with Gasteiger partial charge in [0.2, 0.25) is 0 Å². The molecule has 1 aromatic carbocycles. The summed E-state index contributed by atoms with van der Waals surface area (Å²) in [5.41, 5.74) is 0.761. The number of halogens is 3. The second-order valence-electron chi connectivity index (χ2n) is 7.58. The molecule has 2 fully saturated rings. The summed E-state index contributed by atoms with van der Waals surface area (Å²) in [6.45, 7) is 0.894. The zero-order chi connectivity index (χ0) is 21.6. The summed E-state index contributed by atoms with van der Waals surface area (Å²) < 4.78 is 47.6. The van der Waals surface area contributed by atoms with Crippen molar-refractivity contribution >= 4 is 5.91 Å². The molecule has 1 aliphatic carbocycles. The molecular weight excluding hydrogens is 417 g/mol. The average Bonchev–Trinajstić information content (AvgIpc) is 3.15. The lowest BCUT2D eigenvalue weighted by atomic mass is 10.2. The number of nitrogens with zero attached hydrogens (tertiary/aromatic N) is 6. The second kappa shape index (κ2) is 7.36. The van der Waals surface area contributed by atoms with E-state index >= 15 is 0 Å². The largest absolute Gasteiger partial charge is 0.573 e. The van der Waals surface area contributed by atoms with Crippen molar-refractivity contribution in [3.63, 3.8) is 0 Å². The van der Waals surface area contributed by atoms with Gasteiger partial charge in [-0.05, 0) is 43.5 Å².